The van der Waals surface area contributed by atoms with Crippen LogP contribution in [0.2, 0.25) is 0 Å². The zero-order chi connectivity index (χ0) is 11.7. The van der Waals surface area contributed by atoms with E-state index in [4.69, 9.17) is 0 Å². The van der Waals surface area contributed by atoms with Crippen LogP contribution in [0.3, 0.4) is 0 Å². The molecule has 1 nitrogen and oxygen atoms in total. The molecule has 0 saturated carbocycles. The summed E-state index contributed by atoms with van der Waals surface area (Å²) < 4.78 is 71.6. The van der Waals surface area contributed by atoms with Crippen molar-refractivity contribution in [2.75, 3.05) is 0 Å². The van der Waals surface area contributed by atoms with Gasteiger partial charge in [0.1, 0.15) is 0 Å². The van der Waals surface area contributed by atoms with E-state index in [1.54, 1.807) is 0 Å². The quantitative estimate of drug-likeness (QED) is 0.507. The maximum Gasteiger partial charge on any atom is 1.00 e. The third-order valence-electron chi connectivity index (χ3n) is 1.61. The van der Waals surface area contributed by atoms with Crippen LogP contribution in [0.1, 0.15) is 5.69 Å². The Kier molecular flexibility index (Phi) is 6.01. The van der Waals surface area contributed by atoms with Crippen molar-refractivity contribution in [3.05, 3.63) is 24.0 Å². The number of aromatic nitrogens is 1. The summed E-state index contributed by atoms with van der Waals surface area (Å²) in [4.78, 5) is 3.11. The van der Waals surface area contributed by atoms with Crippen LogP contribution in [-0.2, 0) is 6.42 Å². The molecule has 84 valence electrons. The number of pyridine rings is 1. The van der Waals surface area contributed by atoms with Crippen molar-refractivity contribution in [3.8, 4) is 0 Å². The van der Waals surface area contributed by atoms with Crippen LogP contribution >= 0.6 is 0 Å². The molecule has 0 aliphatic rings. The molecule has 0 atom stereocenters. The van der Waals surface area contributed by atoms with Gasteiger partial charge in [0.15, 0.2) is 0 Å². The van der Waals surface area contributed by atoms with Gasteiger partial charge in [-0.2, -0.15) is 13.2 Å². The minimum Gasteiger partial charge on any atom is -0.445 e. The van der Waals surface area contributed by atoms with Crippen molar-refractivity contribution in [3.63, 3.8) is 0 Å². The zero-order valence-corrected chi connectivity index (χ0v) is 11.4. The summed E-state index contributed by atoms with van der Waals surface area (Å²) >= 11 is 0. The second kappa shape index (κ2) is 5.85. The Morgan fingerprint density at radius 2 is 1.69 bits per heavy atom. The molecule has 0 amide bonds. The van der Waals surface area contributed by atoms with Crippen LogP contribution < -0.4 is 56.8 Å². The molecular weight excluding hydrogens is 262 g/mol. The van der Waals surface area contributed by atoms with Gasteiger partial charge in [-0.25, -0.2) is 0 Å². The van der Waals surface area contributed by atoms with Gasteiger partial charge in [0, 0.05) is 11.9 Å². The molecule has 0 N–H and O–H groups in total. The number of hydrogen-bond acceptors (Lipinski definition) is 1. The molecule has 16 heavy (non-hydrogen) atoms. The minimum atomic E-state index is -5.20. The van der Waals surface area contributed by atoms with Crippen LogP contribution in [0, 0.1) is 0 Å². The van der Waals surface area contributed by atoms with Crippen molar-refractivity contribution >= 4 is 12.4 Å². The molecule has 0 unspecified atom stereocenters. The van der Waals surface area contributed by atoms with E-state index in [0.29, 0.717) is 12.3 Å². The molecular formula is C7H5BF6KN. The first kappa shape index (κ1) is 16.4. The summed E-state index contributed by atoms with van der Waals surface area (Å²) in [7, 11) is 0. The number of alkyl halides is 3. The van der Waals surface area contributed by atoms with E-state index in [2.05, 4.69) is 4.98 Å². The smallest absolute Gasteiger partial charge is 0.445 e. The van der Waals surface area contributed by atoms with Crippen LogP contribution in [0.5, 0.6) is 0 Å². The van der Waals surface area contributed by atoms with Crippen LogP contribution in [0.15, 0.2) is 18.3 Å². The number of hydrogen-bond donors (Lipinski definition) is 0. The molecule has 0 radical (unpaired) electrons. The molecule has 1 rings (SSSR count). The largest absolute Gasteiger partial charge is 1.00 e. The van der Waals surface area contributed by atoms with E-state index in [-0.39, 0.29) is 51.4 Å². The zero-order valence-electron chi connectivity index (χ0n) is 8.23. The van der Waals surface area contributed by atoms with Crippen molar-refractivity contribution in [2.24, 2.45) is 0 Å². The standard InChI is InChI=1S/C7H5BF6N.K/c9-7(10,11)3-6-2-1-5(4-15-6)8(12,13)14;/h1-2,4H,3H2;/q-1;+1. The van der Waals surface area contributed by atoms with Gasteiger partial charge in [-0.05, 0) is 6.07 Å². The van der Waals surface area contributed by atoms with E-state index in [0.717, 1.165) is 6.07 Å². The van der Waals surface area contributed by atoms with E-state index in [1.807, 2.05) is 0 Å². The molecule has 1 heterocycles. The van der Waals surface area contributed by atoms with E-state index in [9.17, 15) is 26.1 Å². The van der Waals surface area contributed by atoms with Crippen LogP contribution in [-0.4, -0.2) is 18.1 Å². The Morgan fingerprint density at radius 3 is 2.00 bits per heavy atom. The Hall–Kier alpha value is 0.431. The third-order valence-corrected chi connectivity index (χ3v) is 1.61. The average molecular weight is 267 g/mol. The molecule has 9 heteroatoms. The second-order valence-electron chi connectivity index (χ2n) is 2.95. The molecule has 0 aromatic carbocycles. The topological polar surface area (TPSA) is 12.9 Å². The van der Waals surface area contributed by atoms with Crippen LogP contribution in [0.25, 0.3) is 0 Å². The summed E-state index contributed by atoms with van der Waals surface area (Å²) in [5, 5.41) is 0. The number of halogens is 6. The summed E-state index contributed by atoms with van der Waals surface area (Å²) in [6, 6.07) is 1.34. The normalized spacial score (nSPS) is 12.1. The fraction of sp³-hybridized carbons (Fsp3) is 0.286. The summed E-state index contributed by atoms with van der Waals surface area (Å²) in [5.41, 5.74) is -1.42. The van der Waals surface area contributed by atoms with Crippen LogP contribution in [0.4, 0.5) is 26.1 Å². The first-order chi connectivity index (χ1) is 6.68. The summed E-state index contributed by atoms with van der Waals surface area (Å²) in [5.74, 6) is 0. The maximum absolute atomic E-state index is 12.1. The number of rotatable bonds is 2. The maximum atomic E-state index is 12.1. The second-order valence-corrected chi connectivity index (χ2v) is 2.95. The molecule has 0 fully saturated rings. The average Bonchev–Trinajstić information content (AvgIpc) is 2.00. The molecule has 0 spiro atoms. The van der Waals surface area contributed by atoms with Crippen molar-refractivity contribution in [1.82, 2.24) is 4.98 Å². The predicted molar refractivity (Wildman–Crippen MR) is 42.7 cm³/mol. The SMILES string of the molecule is F[B-](F)(F)c1ccc(CC(F)(F)F)nc1.[K+]. The van der Waals surface area contributed by atoms with Gasteiger partial charge in [-0.15, -0.1) is 0 Å². The number of nitrogens with zero attached hydrogens (tertiary/aromatic N) is 1. The molecule has 1 aromatic rings. The van der Waals surface area contributed by atoms with Gasteiger partial charge < -0.3 is 12.9 Å². The van der Waals surface area contributed by atoms with Gasteiger partial charge >= 0.3 is 64.5 Å². The Morgan fingerprint density at radius 1 is 1.12 bits per heavy atom. The molecule has 0 aliphatic heterocycles. The molecule has 0 aliphatic carbocycles. The molecule has 0 saturated heterocycles. The first-order valence-corrected chi connectivity index (χ1v) is 3.90. The molecule has 0 bridgehead atoms. The third kappa shape index (κ3) is 5.67. The molecule has 1 aromatic heterocycles. The van der Waals surface area contributed by atoms with Crippen molar-refractivity contribution < 1.29 is 77.5 Å². The Bertz CT molecular complexity index is 332. The monoisotopic (exact) mass is 267 g/mol. The van der Waals surface area contributed by atoms with Crippen molar-refractivity contribution in [1.29, 1.82) is 0 Å². The van der Waals surface area contributed by atoms with Gasteiger partial charge in [0.25, 0.3) is 0 Å². The van der Waals surface area contributed by atoms with Gasteiger partial charge in [-0.3, -0.25) is 4.98 Å². The summed E-state index contributed by atoms with van der Waals surface area (Å²) in [6.45, 7) is -5.20. The fourth-order valence-electron chi connectivity index (χ4n) is 0.939. The Labute approximate surface area is 130 Å². The van der Waals surface area contributed by atoms with E-state index < -0.39 is 30.7 Å². The van der Waals surface area contributed by atoms with Gasteiger partial charge in [0.05, 0.1) is 6.42 Å². The first-order valence-electron chi connectivity index (χ1n) is 3.90. The Balaban J connectivity index is 0.00000225. The van der Waals surface area contributed by atoms with Gasteiger partial charge in [0.2, 0.25) is 0 Å². The van der Waals surface area contributed by atoms with E-state index >= 15 is 0 Å². The van der Waals surface area contributed by atoms with Crippen molar-refractivity contribution in [2.45, 2.75) is 12.6 Å². The predicted octanol–water partition coefficient (Wildman–Crippen LogP) is -0.755. The minimum absolute atomic E-state index is 0. The van der Waals surface area contributed by atoms with E-state index in [1.165, 1.54) is 0 Å². The summed E-state index contributed by atoms with van der Waals surface area (Å²) in [6.07, 6.45) is -5.36. The van der Waals surface area contributed by atoms with Gasteiger partial charge in [-0.1, -0.05) is 11.5 Å². The fourth-order valence-corrected chi connectivity index (χ4v) is 0.939.